The summed E-state index contributed by atoms with van der Waals surface area (Å²) in [4.78, 5) is 12.3. The topological polar surface area (TPSA) is 26.3 Å². The van der Waals surface area contributed by atoms with Crippen LogP contribution in [0.2, 0.25) is 0 Å². The van der Waals surface area contributed by atoms with Crippen LogP contribution in [-0.4, -0.2) is 5.97 Å². The highest BCUT2D eigenvalue weighted by atomic mass is 19.1. The summed E-state index contributed by atoms with van der Waals surface area (Å²) in [7, 11) is 0. The summed E-state index contributed by atoms with van der Waals surface area (Å²) in [5, 5.41) is 0. The Morgan fingerprint density at radius 1 is 1.00 bits per heavy atom. The Balaban J connectivity index is 1.73. The molecule has 0 unspecified atom stereocenters. The second-order valence-corrected chi connectivity index (χ2v) is 6.30. The first-order valence-corrected chi connectivity index (χ1v) is 8.68. The molecule has 3 aromatic carbocycles. The van der Waals surface area contributed by atoms with Gasteiger partial charge in [0.15, 0.2) is 0 Å². The molecule has 27 heavy (non-hydrogen) atoms. The average Bonchev–Trinajstić information content (AvgIpc) is 2.68. The number of terminal acetylenes is 1. The molecule has 0 atom stereocenters. The van der Waals surface area contributed by atoms with Gasteiger partial charge in [0, 0.05) is 6.42 Å². The largest absolute Gasteiger partial charge is 0.423 e. The fourth-order valence-corrected chi connectivity index (χ4v) is 2.71. The lowest BCUT2D eigenvalue weighted by Gasteiger charge is -2.08. The maximum absolute atomic E-state index is 14.5. The molecule has 3 aromatic rings. The number of esters is 1. The van der Waals surface area contributed by atoms with E-state index < -0.39 is 11.8 Å². The third-order valence-electron chi connectivity index (χ3n) is 4.27. The van der Waals surface area contributed by atoms with E-state index in [1.807, 2.05) is 43.3 Å². The zero-order chi connectivity index (χ0) is 19.2. The SMILES string of the molecule is C#CCCc1ccc(OC(=O)c2ccc(-c3ccc(C)cc3)cc2F)cc1. The molecule has 134 valence electrons. The van der Waals surface area contributed by atoms with Gasteiger partial charge in [-0.1, -0.05) is 48.0 Å². The van der Waals surface area contributed by atoms with Gasteiger partial charge in [0.2, 0.25) is 0 Å². The molecule has 0 spiro atoms. The van der Waals surface area contributed by atoms with E-state index in [4.69, 9.17) is 11.2 Å². The summed E-state index contributed by atoms with van der Waals surface area (Å²) in [6.07, 6.45) is 6.66. The Morgan fingerprint density at radius 2 is 1.67 bits per heavy atom. The maximum atomic E-state index is 14.5. The van der Waals surface area contributed by atoms with Crippen LogP contribution in [0, 0.1) is 25.1 Å². The van der Waals surface area contributed by atoms with Gasteiger partial charge < -0.3 is 4.74 Å². The highest BCUT2D eigenvalue weighted by Crippen LogP contribution is 2.23. The van der Waals surface area contributed by atoms with Gasteiger partial charge in [0.1, 0.15) is 11.6 Å². The normalized spacial score (nSPS) is 10.3. The molecule has 0 aliphatic rings. The molecular weight excluding hydrogens is 339 g/mol. The Morgan fingerprint density at radius 3 is 2.30 bits per heavy atom. The number of ether oxygens (including phenoxy) is 1. The van der Waals surface area contributed by atoms with Crippen molar-refractivity contribution in [3.63, 3.8) is 0 Å². The molecule has 3 rings (SSSR count). The van der Waals surface area contributed by atoms with Gasteiger partial charge in [0.05, 0.1) is 5.56 Å². The Kier molecular flexibility index (Phi) is 5.68. The fourth-order valence-electron chi connectivity index (χ4n) is 2.71. The first kappa shape index (κ1) is 18.4. The number of carbonyl (C=O) groups is 1. The summed E-state index contributed by atoms with van der Waals surface area (Å²) >= 11 is 0. The van der Waals surface area contributed by atoms with Gasteiger partial charge in [-0.3, -0.25) is 0 Å². The van der Waals surface area contributed by atoms with Crippen LogP contribution >= 0.6 is 0 Å². The van der Waals surface area contributed by atoms with Gasteiger partial charge >= 0.3 is 5.97 Å². The van der Waals surface area contributed by atoms with Crippen molar-refractivity contribution in [3.8, 4) is 29.2 Å². The second kappa shape index (κ2) is 8.33. The van der Waals surface area contributed by atoms with E-state index in [1.165, 1.54) is 12.1 Å². The predicted octanol–water partition coefficient (Wildman–Crippen LogP) is 5.59. The molecule has 0 saturated carbocycles. The van der Waals surface area contributed by atoms with Crippen molar-refractivity contribution >= 4 is 5.97 Å². The van der Waals surface area contributed by atoms with Crippen LogP contribution in [0.3, 0.4) is 0 Å². The molecule has 0 saturated heterocycles. The number of rotatable bonds is 5. The molecule has 0 bridgehead atoms. The molecule has 0 radical (unpaired) electrons. The van der Waals surface area contributed by atoms with Crippen molar-refractivity contribution in [2.45, 2.75) is 19.8 Å². The molecule has 0 aromatic heterocycles. The van der Waals surface area contributed by atoms with Crippen LogP contribution in [0.5, 0.6) is 5.75 Å². The molecule has 0 amide bonds. The molecular formula is C24H19FO2. The van der Waals surface area contributed by atoms with Gasteiger partial charge in [-0.25, -0.2) is 9.18 Å². The smallest absolute Gasteiger partial charge is 0.346 e. The number of hydrogen-bond acceptors (Lipinski definition) is 2. The van der Waals surface area contributed by atoms with Crippen molar-refractivity contribution in [1.29, 1.82) is 0 Å². The fraction of sp³-hybridized carbons (Fsp3) is 0.125. The number of aryl methyl sites for hydroxylation is 2. The van der Waals surface area contributed by atoms with Crippen molar-refractivity contribution in [2.75, 3.05) is 0 Å². The molecule has 0 aliphatic heterocycles. The quantitative estimate of drug-likeness (QED) is 0.338. The third-order valence-corrected chi connectivity index (χ3v) is 4.27. The third kappa shape index (κ3) is 4.62. The Labute approximate surface area is 158 Å². The zero-order valence-electron chi connectivity index (χ0n) is 15.0. The summed E-state index contributed by atoms with van der Waals surface area (Å²) in [5.41, 5.74) is 3.69. The minimum atomic E-state index is -0.723. The molecule has 0 heterocycles. The van der Waals surface area contributed by atoms with E-state index in [0.717, 1.165) is 23.1 Å². The maximum Gasteiger partial charge on any atom is 0.346 e. The zero-order valence-corrected chi connectivity index (χ0v) is 15.0. The Hall–Kier alpha value is -3.38. The summed E-state index contributed by atoms with van der Waals surface area (Å²) < 4.78 is 19.7. The van der Waals surface area contributed by atoms with E-state index in [0.29, 0.717) is 17.7 Å². The van der Waals surface area contributed by atoms with Crippen LogP contribution in [0.25, 0.3) is 11.1 Å². The summed E-state index contributed by atoms with van der Waals surface area (Å²) in [5.74, 6) is 1.62. The molecule has 0 fully saturated rings. The second-order valence-electron chi connectivity index (χ2n) is 6.30. The number of carbonyl (C=O) groups excluding carboxylic acids is 1. The van der Waals surface area contributed by atoms with Crippen LogP contribution in [0.1, 0.15) is 27.9 Å². The van der Waals surface area contributed by atoms with Crippen LogP contribution in [-0.2, 0) is 6.42 Å². The number of hydrogen-bond donors (Lipinski definition) is 0. The van der Waals surface area contributed by atoms with E-state index in [1.54, 1.807) is 18.2 Å². The Bertz CT molecular complexity index is 980. The van der Waals surface area contributed by atoms with Gasteiger partial charge in [-0.2, -0.15) is 0 Å². The molecule has 0 N–H and O–H groups in total. The molecule has 3 heteroatoms. The predicted molar refractivity (Wildman–Crippen MR) is 105 cm³/mol. The first-order valence-electron chi connectivity index (χ1n) is 8.68. The van der Waals surface area contributed by atoms with E-state index in [9.17, 15) is 9.18 Å². The highest BCUT2D eigenvalue weighted by molar-refractivity contribution is 5.92. The monoisotopic (exact) mass is 358 g/mol. The minimum absolute atomic E-state index is 0.0951. The summed E-state index contributed by atoms with van der Waals surface area (Å²) in [6.45, 7) is 1.99. The van der Waals surface area contributed by atoms with E-state index >= 15 is 0 Å². The lowest BCUT2D eigenvalue weighted by atomic mass is 10.0. The van der Waals surface area contributed by atoms with Crippen molar-refractivity contribution in [3.05, 3.63) is 89.2 Å². The number of benzene rings is 3. The standard InChI is InChI=1S/C24H19FO2/c1-3-4-5-18-8-13-21(14-9-18)27-24(26)22-15-12-20(16-23(22)25)19-10-6-17(2)7-11-19/h1,6-16H,4-5H2,2H3. The minimum Gasteiger partial charge on any atom is -0.423 e. The average molecular weight is 358 g/mol. The molecule has 0 aliphatic carbocycles. The van der Waals surface area contributed by atoms with Crippen LogP contribution in [0.15, 0.2) is 66.7 Å². The van der Waals surface area contributed by atoms with Crippen LogP contribution in [0.4, 0.5) is 4.39 Å². The highest BCUT2D eigenvalue weighted by Gasteiger charge is 2.15. The lowest BCUT2D eigenvalue weighted by molar-refractivity contribution is 0.0730. The lowest BCUT2D eigenvalue weighted by Crippen LogP contribution is -2.10. The first-order chi connectivity index (χ1) is 13.1. The van der Waals surface area contributed by atoms with E-state index in [2.05, 4.69) is 5.92 Å². The van der Waals surface area contributed by atoms with Gasteiger partial charge in [-0.05, 0) is 54.3 Å². The van der Waals surface area contributed by atoms with Crippen molar-refractivity contribution in [2.24, 2.45) is 0 Å². The van der Waals surface area contributed by atoms with Crippen LogP contribution < -0.4 is 4.74 Å². The van der Waals surface area contributed by atoms with Gasteiger partial charge in [0.25, 0.3) is 0 Å². The van der Waals surface area contributed by atoms with Gasteiger partial charge in [-0.15, -0.1) is 12.3 Å². The van der Waals surface area contributed by atoms with Crippen molar-refractivity contribution in [1.82, 2.24) is 0 Å². The van der Waals surface area contributed by atoms with Crippen molar-refractivity contribution < 1.29 is 13.9 Å². The number of halogens is 1. The summed E-state index contributed by atoms with van der Waals surface area (Å²) in [6, 6.07) is 19.3. The van der Waals surface area contributed by atoms with E-state index in [-0.39, 0.29) is 5.56 Å². The molecule has 2 nitrogen and oxygen atoms in total.